The first kappa shape index (κ1) is 21.7. The molecule has 0 aliphatic carbocycles. The van der Waals surface area contributed by atoms with E-state index in [1.165, 1.54) is 5.69 Å². The van der Waals surface area contributed by atoms with Crippen molar-refractivity contribution in [1.29, 1.82) is 0 Å². The summed E-state index contributed by atoms with van der Waals surface area (Å²) >= 11 is 0. The lowest BCUT2D eigenvalue weighted by Crippen LogP contribution is -2.44. The number of carbonyl (C=O) groups excluding carboxylic acids is 1. The first-order chi connectivity index (χ1) is 14.5. The normalized spacial score (nSPS) is 14.7. The maximum absolute atomic E-state index is 12.4. The van der Waals surface area contributed by atoms with E-state index in [4.69, 9.17) is 9.47 Å². The van der Waals surface area contributed by atoms with Crippen molar-refractivity contribution in [3.05, 3.63) is 53.6 Å². The molecular formula is C24H31N3O3. The molecule has 1 amide bonds. The van der Waals surface area contributed by atoms with Gasteiger partial charge in [0.05, 0.1) is 7.11 Å². The molecule has 160 valence electrons. The second kappa shape index (κ2) is 10.2. The first-order valence-electron chi connectivity index (χ1n) is 10.3. The van der Waals surface area contributed by atoms with Crippen LogP contribution in [-0.2, 0) is 4.79 Å². The average Bonchev–Trinajstić information content (AvgIpc) is 2.75. The molecule has 0 spiro atoms. The lowest BCUT2D eigenvalue weighted by Gasteiger charge is -2.34. The zero-order valence-electron chi connectivity index (χ0n) is 18.3. The molecule has 0 saturated carbocycles. The zero-order chi connectivity index (χ0) is 21.5. The summed E-state index contributed by atoms with van der Waals surface area (Å²) in [7, 11) is 3.74. The Balaban J connectivity index is 1.58. The summed E-state index contributed by atoms with van der Waals surface area (Å²) in [5.74, 6) is 0.944. The van der Waals surface area contributed by atoms with E-state index in [2.05, 4.69) is 34.3 Å². The van der Waals surface area contributed by atoms with Gasteiger partial charge in [-0.15, -0.1) is 0 Å². The molecule has 1 heterocycles. The van der Waals surface area contributed by atoms with Gasteiger partial charge in [0.25, 0.3) is 5.91 Å². The molecule has 1 aliphatic heterocycles. The number of hydrogen-bond donors (Lipinski definition) is 1. The van der Waals surface area contributed by atoms with Gasteiger partial charge in [0.1, 0.15) is 0 Å². The Kier molecular flexibility index (Phi) is 7.36. The van der Waals surface area contributed by atoms with Crippen molar-refractivity contribution < 1.29 is 14.3 Å². The van der Waals surface area contributed by atoms with Crippen molar-refractivity contribution in [1.82, 2.24) is 4.90 Å². The van der Waals surface area contributed by atoms with E-state index in [-0.39, 0.29) is 12.5 Å². The van der Waals surface area contributed by atoms with Crippen LogP contribution >= 0.6 is 0 Å². The molecule has 1 N–H and O–H groups in total. The number of nitrogens with zero attached hydrogens (tertiary/aromatic N) is 2. The zero-order valence-corrected chi connectivity index (χ0v) is 18.3. The van der Waals surface area contributed by atoms with Crippen LogP contribution in [0, 0.1) is 6.92 Å². The molecule has 0 aromatic heterocycles. The Morgan fingerprint density at radius 1 is 1.10 bits per heavy atom. The summed E-state index contributed by atoms with van der Waals surface area (Å²) in [4.78, 5) is 17.1. The standard InChI is InChI=1S/C24H31N3O3/c1-5-6-19-7-10-22(23(16-19)29-4)30-17-24(28)25-21-9-8-20(15-18(21)2)27-13-11-26(3)12-14-27/h5-10,15-16H,11-14,17H2,1-4H3,(H,25,28)/b6-5+. The van der Waals surface area contributed by atoms with Gasteiger partial charge in [-0.3, -0.25) is 4.79 Å². The van der Waals surface area contributed by atoms with Gasteiger partial charge < -0.3 is 24.6 Å². The first-order valence-corrected chi connectivity index (χ1v) is 10.3. The van der Waals surface area contributed by atoms with E-state index < -0.39 is 0 Å². The SMILES string of the molecule is C/C=C/c1ccc(OCC(=O)Nc2ccc(N3CCN(C)CC3)cc2C)c(OC)c1. The van der Waals surface area contributed by atoms with Gasteiger partial charge in [-0.2, -0.15) is 0 Å². The summed E-state index contributed by atoms with van der Waals surface area (Å²) < 4.78 is 11.1. The molecule has 2 aromatic rings. The van der Waals surface area contributed by atoms with Gasteiger partial charge in [0.2, 0.25) is 0 Å². The van der Waals surface area contributed by atoms with Crippen LogP contribution in [0.5, 0.6) is 11.5 Å². The third kappa shape index (κ3) is 5.54. The van der Waals surface area contributed by atoms with Crippen LogP contribution in [0.15, 0.2) is 42.5 Å². The number of aryl methyl sites for hydroxylation is 1. The molecule has 0 atom stereocenters. The molecule has 30 heavy (non-hydrogen) atoms. The number of anilines is 2. The minimum absolute atomic E-state index is 0.0844. The Hall–Kier alpha value is -2.99. The largest absolute Gasteiger partial charge is 0.493 e. The third-order valence-electron chi connectivity index (χ3n) is 5.26. The molecule has 1 fully saturated rings. The van der Waals surface area contributed by atoms with E-state index in [9.17, 15) is 4.79 Å². The van der Waals surface area contributed by atoms with E-state index in [1.54, 1.807) is 7.11 Å². The summed E-state index contributed by atoms with van der Waals surface area (Å²) in [6, 6.07) is 11.8. The van der Waals surface area contributed by atoms with Gasteiger partial charge in [-0.1, -0.05) is 18.2 Å². The topological polar surface area (TPSA) is 54.0 Å². The fourth-order valence-electron chi connectivity index (χ4n) is 3.48. The van der Waals surface area contributed by atoms with Gasteiger partial charge in [0, 0.05) is 37.6 Å². The second-order valence-corrected chi connectivity index (χ2v) is 7.54. The Morgan fingerprint density at radius 2 is 1.87 bits per heavy atom. The van der Waals surface area contributed by atoms with Crippen LogP contribution in [0.1, 0.15) is 18.1 Å². The van der Waals surface area contributed by atoms with E-state index in [0.29, 0.717) is 11.5 Å². The predicted molar refractivity (Wildman–Crippen MR) is 123 cm³/mol. The summed E-state index contributed by atoms with van der Waals surface area (Å²) in [6.07, 6.45) is 3.94. The molecule has 2 aromatic carbocycles. The van der Waals surface area contributed by atoms with Gasteiger partial charge in [-0.05, 0) is 62.4 Å². The number of carbonyl (C=O) groups is 1. The highest BCUT2D eigenvalue weighted by Crippen LogP contribution is 2.29. The Labute approximate surface area is 179 Å². The van der Waals surface area contributed by atoms with E-state index >= 15 is 0 Å². The fourth-order valence-corrected chi connectivity index (χ4v) is 3.48. The maximum atomic E-state index is 12.4. The van der Waals surface area contributed by atoms with Crippen molar-refractivity contribution in [3.63, 3.8) is 0 Å². The molecule has 6 heteroatoms. The van der Waals surface area contributed by atoms with Crippen LogP contribution in [-0.4, -0.2) is 57.8 Å². The molecule has 3 rings (SSSR count). The number of likely N-dealkylation sites (N-methyl/N-ethyl adjacent to an activating group) is 1. The van der Waals surface area contributed by atoms with Crippen LogP contribution in [0.4, 0.5) is 11.4 Å². The number of allylic oxidation sites excluding steroid dienone is 1. The molecule has 6 nitrogen and oxygen atoms in total. The summed E-state index contributed by atoms with van der Waals surface area (Å²) in [5, 5.41) is 2.94. The molecular weight excluding hydrogens is 378 g/mol. The average molecular weight is 410 g/mol. The molecule has 1 saturated heterocycles. The minimum Gasteiger partial charge on any atom is -0.493 e. The summed E-state index contributed by atoms with van der Waals surface area (Å²) in [5.41, 5.74) is 4.05. The number of nitrogens with one attached hydrogen (secondary N) is 1. The molecule has 0 bridgehead atoms. The van der Waals surface area contributed by atoms with Gasteiger partial charge in [0.15, 0.2) is 18.1 Å². The molecule has 0 radical (unpaired) electrons. The number of benzene rings is 2. The number of piperazine rings is 1. The smallest absolute Gasteiger partial charge is 0.262 e. The van der Waals surface area contributed by atoms with Crippen LogP contribution < -0.4 is 19.7 Å². The lowest BCUT2D eigenvalue weighted by atomic mass is 10.1. The Bertz CT molecular complexity index is 903. The van der Waals surface area contributed by atoms with Gasteiger partial charge in [-0.25, -0.2) is 0 Å². The van der Waals surface area contributed by atoms with E-state index in [1.807, 2.05) is 50.3 Å². The van der Waals surface area contributed by atoms with Gasteiger partial charge >= 0.3 is 0 Å². The number of ether oxygens (including phenoxy) is 2. The van der Waals surface area contributed by atoms with Crippen molar-refractivity contribution in [2.24, 2.45) is 0 Å². The van der Waals surface area contributed by atoms with Crippen molar-refractivity contribution in [2.45, 2.75) is 13.8 Å². The highest BCUT2D eigenvalue weighted by atomic mass is 16.5. The Morgan fingerprint density at radius 3 is 2.53 bits per heavy atom. The predicted octanol–water partition coefficient (Wildman–Crippen LogP) is 3.81. The van der Waals surface area contributed by atoms with Crippen LogP contribution in [0.3, 0.4) is 0 Å². The lowest BCUT2D eigenvalue weighted by molar-refractivity contribution is -0.118. The van der Waals surface area contributed by atoms with Crippen LogP contribution in [0.2, 0.25) is 0 Å². The second-order valence-electron chi connectivity index (χ2n) is 7.54. The number of methoxy groups -OCH3 is 1. The number of hydrogen-bond acceptors (Lipinski definition) is 5. The molecule has 0 unspecified atom stereocenters. The molecule has 1 aliphatic rings. The monoisotopic (exact) mass is 409 g/mol. The fraction of sp³-hybridized carbons (Fsp3) is 0.375. The number of rotatable bonds is 7. The van der Waals surface area contributed by atoms with Crippen LogP contribution in [0.25, 0.3) is 6.08 Å². The number of amides is 1. The summed E-state index contributed by atoms with van der Waals surface area (Å²) in [6.45, 7) is 8.05. The van der Waals surface area contributed by atoms with Crippen molar-refractivity contribution >= 4 is 23.4 Å². The van der Waals surface area contributed by atoms with Crippen molar-refractivity contribution in [2.75, 3.05) is 57.2 Å². The highest BCUT2D eigenvalue weighted by molar-refractivity contribution is 5.93. The minimum atomic E-state index is -0.204. The van der Waals surface area contributed by atoms with Crippen molar-refractivity contribution in [3.8, 4) is 11.5 Å². The highest BCUT2D eigenvalue weighted by Gasteiger charge is 2.15. The third-order valence-corrected chi connectivity index (χ3v) is 5.26. The quantitative estimate of drug-likeness (QED) is 0.754. The maximum Gasteiger partial charge on any atom is 0.262 e. The van der Waals surface area contributed by atoms with E-state index in [0.717, 1.165) is 43.0 Å².